The van der Waals surface area contributed by atoms with Crippen molar-refractivity contribution >= 4 is 0 Å². The molecule has 0 spiro atoms. The Bertz CT molecular complexity index is 236. The van der Waals surface area contributed by atoms with E-state index in [1.165, 1.54) is 6.92 Å². The highest BCUT2D eigenvalue weighted by Crippen LogP contribution is 2.53. The lowest BCUT2D eigenvalue weighted by atomic mass is 9.64. The van der Waals surface area contributed by atoms with E-state index in [0.29, 0.717) is 6.42 Å². The van der Waals surface area contributed by atoms with Gasteiger partial charge in [-0.05, 0) is 23.7 Å². The SMILES string of the molecule is CC(C)(C)CCCC[C@](C)(C(C)(C)C)C(F)(F)F. The molecule has 0 amide bonds. The van der Waals surface area contributed by atoms with Crippen LogP contribution < -0.4 is 0 Å². The van der Waals surface area contributed by atoms with Crippen LogP contribution >= 0.6 is 0 Å². The van der Waals surface area contributed by atoms with Gasteiger partial charge in [0, 0.05) is 0 Å². The van der Waals surface area contributed by atoms with Gasteiger partial charge in [0.1, 0.15) is 0 Å². The maximum atomic E-state index is 13.3. The third kappa shape index (κ3) is 4.81. The van der Waals surface area contributed by atoms with Gasteiger partial charge in [-0.15, -0.1) is 0 Å². The molecule has 0 unspecified atom stereocenters. The van der Waals surface area contributed by atoms with E-state index in [4.69, 9.17) is 0 Å². The Morgan fingerprint density at radius 1 is 0.667 bits per heavy atom. The highest BCUT2D eigenvalue weighted by molar-refractivity contribution is 4.92. The lowest BCUT2D eigenvalue weighted by molar-refractivity contribution is -0.254. The number of halogens is 3. The molecule has 0 bridgehead atoms. The van der Waals surface area contributed by atoms with Gasteiger partial charge in [-0.25, -0.2) is 0 Å². The van der Waals surface area contributed by atoms with E-state index < -0.39 is 17.0 Å². The van der Waals surface area contributed by atoms with Crippen molar-refractivity contribution in [3.8, 4) is 0 Å². The minimum Gasteiger partial charge on any atom is -0.170 e. The molecule has 0 aromatic rings. The maximum absolute atomic E-state index is 13.3. The fourth-order valence-electron chi connectivity index (χ4n) is 2.08. The van der Waals surface area contributed by atoms with Gasteiger partial charge in [0.25, 0.3) is 0 Å². The molecule has 1 atom stereocenters. The van der Waals surface area contributed by atoms with E-state index in [1.54, 1.807) is 20.8 Å². The average Bonchev–Trinajstić information content (AvgIpc) is 2.06. The van der Waals surface area contributed by atoms with Gasteiger partial charge in [0.05, 0.1) is 5.41 Å². The highest BCUT2D eigenvalue weighted by atomic mass is 19.4. The molecule has 0 heterocycles. The first-order valence-electron chi connectivity index (χ1n) is 6.77. The Kier molecular flexibility index (Phi) is 5.36. The van der Waals surface area contributed by atoms with Crippen LogP contribution in [0.3, 0.4) is 0 Å². The van der Waals surface area contributed by atoms with Crippen molar-refractivity contribution < 1.29 is 13.2 Å². The summed E-state index contributed by atoms with van der Waals surface area (Å²) in [5, 5.41) is 0. The summed E-state index contributed by atoms with van der Waals surface area (Å²) >= 11 is 0. The molecule has 0 aliphatic rings. The van der Waals surface area contributed by atoms with Gasteiger partial charge in [0.15, 0.2) is 0 Å². The highest BCUT2D eigenvalue weighted by Gasteiger charge is 2.56. The summed E-state index contributed by atoms with van der Waals surface area (Å²) < 4.78 is 39.8. The number of hydrogen-bond acceptors (Lipinski definition) is 0. The summed E-state index contributed by atoms with van der Waals surface area (Å²) in [5.74, 6) is 0. The van der Waals surface area contributed by atoms with Gasteiger partial charge < -0.3 is 0 Å². The van der Waals surface area contributed by atoms with Crippen LogP contribution in [0, 0.1) is 16.2 Å². The van der Waals surface area contributed by atoms with Crippen molar-refractivity contribution in [1.82, 2.24) is 0 Å². The zero-order valence-electron chi connectivity index (χ0n) is 13.0. The monoisotopic (exact) mass is 266 g/mol. The van der Waals surface area contributed by atoms with Crippen molar-refractivity contribution in [2.24, 2.45) is 16.2 Å². The molecule has 110 valence electrons. The molecule has 0 nitrogen and oxygen atoms in total. The van der Waals surface area contributed by atoms with E-state index >= 15 is 0 Å². The minimum atomic E-state index is -4.13. The van der Waals surface area contributed by atoms with E-state index in [-0.39, 0.29) is 11.8 Å². The minimum absolute atomic E-state index is 0.205. The molecule has 0 aromatic heterocycles. The molecular formula is C15H29F3. The van der Waals surface area contributed by atoms with Crippen molar-refractivity contribution in [1.29, 1.82) is 0 Å². The topological polar surface area (TPSA) is 0 Å². The molecule has 0 N–H and O–H groups in total. The smallest absolute Gasteiger partial charge is 0.170 e. The maximum Gasteiger partial charge on any atom is 0.394 e. The quantitative estimate of drug-likeness (QED) is 0.531. The second-order valence-electron chi connectivity index (χ2n) is 7.85. The predicted octanol–water partition coefficient (Wildman–Crippen LogP) is 6.21. The lowest BCUT2D eigenvalue weighted by Crippen LogP contribution is -2.45. The number of unbranched alkanes of at least 4 members (excludes halogenated alkanes) is 1. The molecule has 0 radical (unpaired) electrons. The molecule has 0 saturated carbocycles. The molecule has 0 aliphatic heterocycles. The summed E-state index contributed by atoms with van der Waals surface area (Å²) in [7, 11) is 0. The molecule has 0 aromatic carbocycles. The summed E-state index contributed by atoms with van der Waals surface area (Å²) in [6.07, 6.45) is -1.43. The molecule has 0 fully saturated rings. The van der Waals surface area contributed by atoms with Crippen LogP contribution in [-0.2, 0) is 0 Å². The molecule has 3 heteroatoms. The summed E-state index contributed by atoms with van der Waals surface area (Å²) in [5.41, 5.74) is -2.15. The van der Waals surface area contributed by atoms with Crippen molar-refractivity contribution in [2.45, 2.75) is 80.3 Å². The molecular weight excluding hydrogens is 237 g/mol. The molecule has 0 aliphatic carbocycles. The van der Waals surface area contributed by atoms with Crippen LogP contribution in [0.2, 0.25) is 0 Å². The summed E-state index contributed by atoms with van der Waals surface area (Å²) in [4.78, 5) is 0. The standard InChI is InChI=1S/C15H29F3/c1-12(2,3)10-8-9-11-14(7,13(4,5)6)15(16,17)18/h8-11H2,1-7H3/t14-/m1/s1. The molecule has 18 heavy (non-hydrogen) atoms. The van der Waals surface area contributed by atoms with Gasteiger partial charge in [-0.2, -0.15) is 13.2 Å². The van der Waals surface area contributed by atoms with E-state index in [2.05, 4.69) is 20.8 Å². The van der Waals surface area contributed by atoms with E-state index in [0.717, 1.165) is 12.8 Å². The fraction of sp³-hybridized carbons (Fsp3) is 1.00. The molecule has 0 rings (SSSR count). The molecule has 0 saturated heterocycles. The van der Waals surface area contributed by atoms with Crippen molar-refractivity contribution in [2.75, 3.05) is 0 Å². The van der Waals surface area contributed by atoms with Crippen LogP contribution in [0.15, 0.2) is 0 Å². The normalized spacial score (nSPS) is 17.7. The number of rotatable bonds is 4. The van der Waals surface area contributed by atoms with E-state index in [9.17, 15) is 13.2 Å². The fourth-order valence-corrected chi connectivity index (χ4v) is 2.08. The Hall–Kier alpha value is -0.210. The van der Waals surface area contributed by atoms with Gasteiger partial charge in [-0.1, -0.05) is 61.3 Å². The largest absolute Gasteiger partial charge is 0.394 e. The predicted molar refractivity (Wildman–Crippen MR) is 71.5 cm³/mol. The van der Waals surface area contributed by atoms with Crippen LogP contribution in [0.5, 0.6) is 0 Å². The Morgan fingerprint density at radius 2 is 1.06 bits per heavy atom. The van der Waals surface area contributed by atoms with Crippen LogP contribution in [-0.4, -0.2) is 6.18 Å². The zero-order chi connectivity index (χ0) is 14.8. The summed E-state index contributed by atoms with van der Waals surface area (Å²) in [6, 6.07) is 0. The van der Waals surface area contributed by atoms with Gasteiger partial charge in [-0.3, -0.25) is 0 Å². The van der Waals surface area contributed by atoms with Gasteiger partial charge >= 0.3 is 6.18 Å². The van der Waals surface area contributed by atoms with E-state index in [1.807, 2.05) is 0 Å². The van der Waals surface area contributed by atoms with Crippen LogP contribution in [0.25, 0.3) is 0 Å². The summed E-state index contributed by atoms with van der Waals surface area (Å²) in [6.45, 7) is 12.8. The second kappa shape index (κ2) is 5.42. The van der Waals surface area contributed by atoms with Crippen molar-refractivity contribution in [3.05, 3.63) is 0 Å². The third-order valence-corrected chi connectivity index (χ3v) is 4.13. The Balaban J connectivity index is 4.58. The average molecular weight is 266 g/mol. The first kappa shape index (κ1) is 17.8. The van der Waals surface area contributed by atoms with Crippen LogP contribution in [0.1, 0.15) is 74.1 Å². The van der Waals surface area contributed by atoms with Gasteiger partial charge in [0.2, 0.25) is 0 Å². The first-order valence-corrected chi connectivity index (χ1v) is 6.77. The lowest BCUT2D eigenvalue weighted by Gasteiger charge is -2.43. The van der Waals surface area contributed by atoms with Crippen LogP contribution in [0.4, 0.5) is 13.2 Å². The Labute approximate surface area is 110 Å². The number of hydrogen-bond donors (Lipinski definition) is 0. The second-order valence-corrected chi connectivity index (χ2v) is 7.85. The zero-order valence-corrected chi connectivity index (χ0v) is 13.0. The van der Waals surface area contributed by atoms with Crippen molar-refractivity contribution in [3.63, 3.8) is 0 Å². The third-order valence-electron chi connectivity index (χ3n) is 4.13. The number of alkyl halides is 3. The first-order chi connectivity index (χ1) is 7.71. The Morgan fingerprint density at radius 3 is 1.33 bits per heavy atom.